The number of carbonyl (C=O) groups is 1. The minimum atomic E-state index is -4.80. The maximum absolute atomic E-state index is 12.4. The zero-order chi connectivity index (χ0) is 24.7. The van der Waals surface area contributed by atoms with Crippen LogP contribution in [0.4, 0.5) is 13.2 Å². The van der Waals surface area contributed by atoms with Crippen LogP contribution >= 0.6 is 0 Å². The Morgan fingerprint density at radius 1 is 1.15 bits per heavy atom. The molecule has 0 saturated carbocycles. The molecule has 1 atom stereocenters. The van der Waals surface area contributed by atoms with Gasteiger partial charge in [0.25, 0.3) is 0 Å². The highest BCUT2D eigenvalue weighted by atomic mass is 19.4. The SMILES string of the molecule is Cc1cnc(-c2ccc(OC(F)(F)F)nc2)n1Cc1ccccc1OCCC[C@@H](C)CC(=O)O. The van der Waals surface area contributed by atoms with E-state index in [4.69, 9.17) is 9.84 Å². The molecule has 2 heterocycles. The number of aryl methyl sites for hydroxylation is 1. The van der Waals surface area contributed by atoms with E-state index in [0.717, 1.165) is 30.2 Å². The lowest BCUT2D eigenvalue weighted by Crippen LogP contribution is -2.17. The third kappa shape index (κ3) is 7.23. The van der Waals surface area contributed by atoms with Crippen molar-refractivity contribution in [1.82, 2.24) is 14.5 Å². The third-order valence-corrected chi connectivity index (χ3v) is 5.19. The monoisotopic (exact) mass is 477 g/mol. The molecule has 0 aliphatic heterocycles. The molecule has 0 unspecified atom stereocenters. The van der Waals surface area contributed by atoms with Crippen molar-refractivity contribution in [2.75, 3.05) is 6.61 Å². The predicted octanol–water partition coefficient (Wildman–Crippen LogP) is 5.47. The molecule has 10 heteroatoms. The van der Waals surface area contributed by atoms with Gasteiger partial charge in [0, 0.05) is 41.7 Å². The fraction of sp³-hybridized carbons (Fsp3) is 0.375. The minimum Gasteiger partial charge on any atom is -0.493 e. The summed E-state index contributed by atoms with van der Waals surface area (Å²) in [6, 6.07) is 10.2. The molecule has 1 N–H and O–H groups in total. The highest BCUT2D eigenvalue weighted by Crippen LogP contribution is 2.27. The van der Waals surface area contributed by atoms with E-state index in [0.29, 0.717) is 30.3 Å². The average molecular weight is 477 g/mol. The van der Waals surface area contributed by atoms with Crippen LogP contribution in [0.5, 0.6) is 11.6 Å². The lowest BCUT2D eigenvalue weighted by molar-refractivity contribution is -0.276. The summed E-state index contributed by atoms with van der Waals surface area (Å²) >= 11 is 0. The molecule has 0 aliphatic rings. The van der Waals surface area contributed by atoms with Crippen molar-refractivity contribution in [3.8, 4) is 23.0 Å². The Morgan fingerprint density at radius 2 is 1.91 bits per heavy atom. The van der Waals surface area contributed by atoms with Crippen molar-refractivity contribution in [2.24, 2.45) is 5.92 Å². The normalized spacial score (nSPS) is 12.4. The summed E-state index contributed by atoms with van der Waals surface area (Å²) in [5.74, 6) is -0.000130. The van der Waals surface area contributed by atoms with Gasteiger partial charge >= 0.3 is 12.3 Å². The van der Waals surface area contributed by atoms with Gasteiger partial charge in [-0.05, 0) is 37.8 Å². The maximum Gasteiger partial charge on any atom is 0.574 e. The van der Waals surface area contributed by atoms with Crippen LogP contribution in [0.2, 0.25) is 0 Å². The number of aromatic nitrogens is 3. The smallest absolute Gasteiger partial charge is 0.493 e. The molecule has 0 aliphatic carbocycles. The van der Waals surface area contributed by atoms with Crippen LogP contribution in [0.25, 0.3) is 11.4 Å². The van der Waals surface area contributed by atoms with Gasteiger partial charge in [-0.25, -0.2) is 9.97 Å². The lowest BCUT2D eigenvalue weighted by Gasteiger charge is -2.15. The van der Waals surface area contributed by atoms with Crippen molar-refractivity contribution in [1.29, 1.82) is 0 Å². The van der Waals surface area contributed by atoms with Crippen LogP contribution in [-0.4, -0.2) is 38.6 Å². The number of nitrogens with zero attached hydrogens (tertiary/aromatic N) is 3. The highest BCUT2D eigenvalue weighted by Gasteiger charge is 2.31. The molecule has 1 aromatic carbocycles. The first-order valence-corrected chi connectivity index (χ1v) is 10.8. The second-order valence-corrected chi connectivity index (χ2v) is 8.04. The first kappa shape index (κ1) is 25.1. The van der Waals surface area contributed by atoms with E-state index in [1.54, 1.807) is 6.20 Å². The number of benzene rings is 1. The number of ether oxygens (including phenoxy) is 2. The molecule has 7 nitrogen and oxygen atoms in total. The number of alkyl halides is 3. The largest absolute Gasteiger partial charge is 0.574 e. The van der Waals surface area contributed by atoms with E-state index in [9.17, 15) is 18.0 Å². The molecule has 0 spiro atoms. The van der Waals surface area contributed by atoms with Crippen molar-refractivity contribution in [2.45, 2.75) is 46.0 Å². The molecular formula is C24H26F3N3O4. The van der Waals surface area contributed by atoms with Gasteiger partial charge in [0.1, 0.15) is 11.6 Å². The molecule has 0 saturated heterocycles. The van der Waals surface area contributed by atoms with Gasteiger partial charge in [-0.15, -0.1) is 13.2 Å². The predicted molar refractivity (Wildman–Crippen MR) is 119 cm³/mol. The van der Waals surface area contributed by atoms with E-state index < -0.39 is 18.2 Å². The number of halogens is 3. The van der Waals surface area contributed by atoms with Crippen LogP contribution in [0.3, 0.4) is 0 Å². The topological polar surface area (TPSA) is 86.5 Å². The zero-order valence-electron chi connectivity index (χ0n) is 18.9. The summed E-state index contributed by atoms with van der Waals surface area (Å²) in [4.78, 5) is 18.9. The molecule has 0 amide bonds. The summed E-state index contributed by atoms with van der Waals surface area (Å²) in [6.45, 7) is 4.69. The lowest BCUT2D eigenvalue weighted by atomic mass is 10.0. The quantitative estimate of drug-likeness (QED) is 0.369. The van der Waals surface area contributed by atoms with Gasteiger partial charge in [-0.1, -0.05) is 25.1 Å². The maximum atomic E-state index is 12.4. The number of rotatable bonds is 11. The van der Waals surface area contributed by atoms with Crippen LogP contribution in [0.15, 0.2) is 48.8 Å². The number of para-hydroxylation sites is 1. The van der Waals surface area contributed by atoms with E-state index in [1.165, 1.54) is 12.3 Å². The number of pyridine rings is 1. The number of imidazole rings is 1. The van der Waals surface area contributed by atoms with E-state index in [1.807, 2.05) is 42.7 Å². The zero-order valence-corrected chi connectivity index (χ0v) is 18.9. The molecule has 3 aromatic rings. The van der Waals surface area contributed by atoms with Crippen molar-refractivity contribution in [3.05, 3.63) is 60.0 Å². The fourth-order valence-corrected chi connectivity index (χ4v) is 3.54. The molecular weight excluding hydrogens is 451 g/mol. The second-order valence-electron chi connectivity index (χ2n) is 8.04. The first-order valence-electron chi connectivity index (χ1n) is 10.8. The van der Waals surface area contributed by atoms with Gasteiger partial charge in [0.15, 0.2) is 0 Å². The Morgan fingerprint density at radius 3 is 2.59 bits per heavy atom. The number of carboxylic acids is 1. The van der Waals surface area contributed by atoms with Crippen molar-refractivity contribution in [3.63, 3.8) is 0 Å². The van der Waals surface area contributed by atoms with Gasteiger partial charge in [0.2, 0.25) is 5.88 Å². The van der Waals surface area contributed by atoms with Crippen LogP contribution < -0.4 is 9.47 Å². The molecule has 34 heavy (non-hydrogen) atoms. The van der Waals surface area contributed by atoms with Gasteiger partial charge in [0.05, 0.1) is 13.2 Å². The van der Waals surface area contributed by atoms with Crippen LogP contribution in [0, 0.1) is 12.8 Å². The molecule has 0 fully saturated rings. The number of aliphatic carboxylic acids is 1. The minimum absolute atomic E-state index is 0.0778. The molecule has 3 rings (SSSR count). The Labute approximate surface area is 195 Å². The molecule has 182 valence electrons. The number of carboxylic acid groups (broad SMARTS) is 1. The number of hydrogen-bond acceptors (Lipinski definition) is 5. The summed E-state index contributed by atoms with van der Waals surface area (Å²) in [5, 5.41) is 8.87. The van der Waals surface area contributed by atoms with Crippen molar-refractivity contribution < 1.29 is 32.5 Å². The van der Waals surface area contributed by atoms with Crippen LogP contribution in [-0.2, 0) is 11.3 Å². The van der Waals surface area contributed by atoms with E-state index in [-0.39, 0.29) is 12.3 Å². The third-order valence-electron chi connectivity index (χ3n) is 5.19. The summed E-state index contributed by atoms with van der Waals surface area (Å²) in [5.41, 5.74) is 2.32. The van der Waals surface area contributed by atoms with Gasteiger partial charge in [-0.3, -0.25) is 4.79 Å². The van der Waals surface area contributed by atoms with E-state index in [2.05, 4.69) is 14.7 Å². The average Bonchev–Trinajstić information content (AvgIpc) is 3.11. The van der Waals surface area contributed by atoms with E-state index >= 15 is 0 Å². The van der Waals surface area contributed by atoms with Crippen LogP contribution in [0.1, 0.15) is 37.4 Å². The summed E-state index contributed by atoms with van der Waals surface area (Å²) < 4.78 is 48.9. The standard InChI is InChI=1S/C24H26F3N3O4/c1-16(12-22(31)32)6-5-11-33-20-8-4-3-7-19(20)15-30-17(2)13-29-23(30)18-9-10-21(28-14-18)34-24(25,26)27/h3-4,7-10,13-14,16H,5-6,11-12,15H2,1-2H3,(H,31,32)/t16-/m1/s1. The molecule has 0 radical (unpaired) electrons. The summed E-state index contributed by atoms with van der Waals surface area (Å²) in [7, 11) is 0. The van der Waals surface area contributed by atoms with Gasteiger partial charge < -0.3 is 19.1 Å². The highest BCUT2D eigenvalue weighted by molar-refractivity contribution is 5.66. The Hall–Kier alpha value is -3.56. The summed E-state index contributed by atoms with van der Waals surface area (Å²) in [6.07, 6.45) is -0.210. The number of hydrogen-bond donors (Lipinski definition) is 1. The first-order chi connectivity index (χ1) is 16.1. The molecule has 0 bridgehead atoms. The Kier molecular flexibility index (Phi) is 8.14. The fourth-order valence-electron chi connectivity index (χ4n) is 3.54. The Balaban J connectivity index is 1.70. The van der Waals surface area contributed by atoms with Crippen molar-refractivity contribution >= 4 is 5.97 Å². The van der Waals surface area contributed by atoms with Gasteiger partial charge in [-0.2, -0.15) is 0 Å². The second kappa shape index (κ2) is 11.0. The Bertz CT molecular complexity index is 1100. The molecule has 2 aromatic heterocycles.